The van der Waals surface area contributed by atoms with Crippen LogP contribution in [0.2, 0.25) is 5.02 Å². The fourth-order valence-corrected chi connectivity index (χ4v) is 2.03. The molecule has 0 atom stereocenters. The zero-order valence-electron chi connectivity index (χ0n) is 11.8. The van der Waals surface area contributed by atoms with Crippen LogP contribution in [0.4, 0.5) is 0 Å². The molecule has 3 nitrogen and oxygen atoms in total. The van der Waals surface area contributed by atoms with Gasteiger partial charge in [0.25, 0.3) is 0 Å². The van der Waals surface area contributed by atoms with E-state index >= 15 is 0 Å². The fraction of sp³-hybridized carbons (Fsp3) is 0.312. The molecule has 0 aliphatic heterocycles. The fourth-order valence-electron chi connectivity index (χ4n) is 1.86. The molecule has 0 amide bonds. The van der Waals surface area contributed by atoms with Crippen LogP contribution in [0.5, 0.6) is 11.6 Å². The number of halogens is 1. The summed E-state index contributed by atoms with van der Waals surface area (Å²) in [5, 5.41) is 3.90. The zero-order valence-corrected chi connectivity index (χ0v) is 12.6. The molecule has 1 N–H and O–H groups in total. The molecule has 2 rings (SSSR count). The Labute approximate surface area is 124 Å². The highest BCUT2D eigenvalue weighted by molar-refractivity contribution is 6.31. The van der Waals surface area contributed by atoms with Crippen molar-refractivity contribution < 1.29 is 4.74 Å². The summed E-state index contributed by atoms with van der Waals surface area (Å²) in [6.45, 7) is 5.79. The summed E-state index contributed by atoms with van der Waals surface area (Å²) in [6.07, 6.45) is 2.62. The van der Waals surface area contributed by atoms with Crippen LogP contribution in [-0.4, -0.2) is 11.5 Å². The van der Waals surface area contributed by atoms with E-state index in [2.05, 4.69) is 30.2 Å². The normalized spacial score (nSPS) is 10.6. The highest BCUT2D eigenvalue weighted by Gasteiger charge is 2.05. The van der Waals surface area contributed by atoms with Crippen LogP contribution in [0.1, 0.15) is 25.0 Å². The summed E-state index contributed by atoms with van der Waals surface area (Å²) in [4.78, 5) is 4.22. The van der Waals surface area contributed by atoms with Crippen molar-refractivity contribution in [1.82, 2.24) is 10.3 Å². The molecule has 0 aliphatic rings. The summed E-state index contributed by atoms with van der Waals surface area (Å²) in [5.41, 5.74) is 2.23. The minimum absolute atomic E-state index is 0.565. The average Bonchev–Trinajstić information content (AvgIpc) is 2.48. The Hall–Kier alpha value is -1.58. The Balaban J connectivity index is 2.16. The highest BCUT2D eigenvalue weighted by atomic mass is 35.5. The van der Waals surface area contributed by atoms with Crippen molar-refractivity contribution in [2.45, 2.75) is 26.8 Å². The summed E-state index contributed by atoms with van der Waals surface area (Å²) >= 11 is 6.12. The van der Waals surface area contributed by atoms with E-state index in [9.17, 15) is 0 Å². The number of rotatable bonds is 6. The van der Waals surface area contributed by atoms with Crippen molar-refractivity contribution in [3.8, 4) is 11.6 Å². The Morgan fingerprint density at radius 2 is 2.10 bits per heavy atom. The first-order valence-electron chi connectivity index (χ1n) is 6.84. The summed E-state index contributed by atoms with van der Waals surface area (Å²) < 4.78 is 5.80. The lowest BCUT2D eigenvalue weighted by Gasteiger charge is -2.09. The third kappa shape index (κ3) is 3.95. The second-order valence-corrected chi connectivity index (χ2v) is 4.90. The van der Waals surface area contributed by atoms with Gasteiger partial charge in [-0.25, -0.2) is 4.98 Å². The van der Waals surface area contributed by atoms with Gasteiger partial charge in [-0.2, -0.15) is 0 Å². The molecule has 1 aromatic carbocycles. The lowest BCUT2D eigenvalue weighted by atomic mass is 10.2. The van der Waals surface area contributed by atoms with E-state index in [0.717, 1.165) is 24.3 Å². The molecule has 4 heteroatoms. The van der Waals surface area contributed by atoms with E-state index in [1.54, 1.807) is 6.20 Å². The Morgan fingerprint density at radius 3 is 2.85 bits per heavy atom. The van der Waals surface area contributed by atoms with E-state index in [4.69, 9.17) is 16.3 Å². The maximum atomic E-state index is 6.12. The highest BCUT2D eigenvalue weighted by Crippen LogP contribution is 2.24. The summed E-state index contributed by atoms with van der Waals surface area (Å²) in [6, 6.07) is 9.91. The molecule has 0 radical (unpaired) electrons. The number of ether oxygens (including phenoxy) is 1. The van der Waals surface area contributed by atoms with Gasteiger partial charge in [-0.1, -0.05) is 37.6 Å². The Morgan fingerprint density at radius 1 is 1.25 bits per heavy atom. The smallest absolute Gasteiger partial charge is 0.219 e. The van der Waals surface area contributed by atoms with Crippen LogP contribution in [0, 0.1) is 0 Å². The van der Waals surface area contributed by atoms with Gasteiger partial charge < -0.3 is 10.1 Å². The van der Waals surface area contributed by atoms with E-state index in [-0.39, 0.29) is 0 Å². The van der Waals surface area contributed by atoms with Gasteiger partial charge >= 0.3 is 0 Å². The maximum absolute atomic E-state index is 6.12. The van der Waals surface area contributed by atoms with E-state index in [1.807, 2.05) is 24.3 Å². The van der Waals surface area contributed by atoms with Gasteiger partial charge in [-0.3, -0.25) is 0 Å². The largest absolute Gasteiger partial charge is 0.439 e. The van der Waals surface area contributed by atoms with Crippen LogP contribution in [0.3, 0.4) is 0 Å². The predicted octanol–water partition coefficient (Wildman–Crippen LogP) is 4.20. The third-order valence-corrected chi connectivity index (χ3v) is 3.34. The maximum Gasteiger partial charge on any atom is 0.219 e. The molecule has 20 heavy (non-hydrogen) atoms. The van der Waals surface area contributed by atoms with E-state index in [1.165, 1.54) is 5.56 Å². The molecule has 0 fully saturated rings. The van der Waals surface area contributed by atoms with Crippen LogP contribution in [0.25, 0.3) is 0 Å². The molecule has 0 bridgehead atoms. The standard InChI is InChI=1S/C16H19ClN2O/c1-3-12-6-5-7-14(8-12)20-16-9-13(10-18-4-2)15(17)11-19-16/h5-9,11,18H,3-4,10H2,1-2H3. The summed E-state index contributed by atoms with van der Waals surface area (Å²) in [5.74, 6) is 1.36. The quantitative estimate of drug-likeness (QED) is 0.866. The second kappa shape index (κ2) is 7.27. The summed E-state index contributed by atoms with van der Waals surface area (Å²) in [7, 11) is 0. The van der Waals surface area contributed by atoms with Crippen molar-refractivity contribution >= 4 is 11.6 Å². The van der Waals surface area contributed by atoms with Gasteiger partial charge in [0.1, 0.15) is 5.75 Å². The predicted molar refractivity (Wildman–Crippen MR) is 82.5 cm³/mol. The number of benzene rings is 1. The van der Waals surface area contributed by atoms with Crippen LogP contribution in [0.15, 0.2) is 36.5 Å². The van der Waals surface area contributed by atoms with Crippen LogP contribution >= 0.6 is 11.6 Å². The third-order valence-electron chi connectivity index (χ3n) is 3.00. The van der Waals surface area contributed by atoms with Gasteiger partial charge in [0, 0.05) is 18.8 Å². The van der Waals surface area contributed by atoms with E-state index < -0.39 is 0 Å². The molecule has 1 aromatic heterocycles. The number of nitrogens with one attached hydrogen (secondary N) is 1. The number of hydrogen-bond donors (Lipinski definition) is 1. The first kappa shape index (κ1) is 14.8. The molecule has 0 unspecified atom stereocenters. The molecule has 0 saturated heterocycles. The number of aryl methyl sites for hydroxylation is 1. The monoisotopic (exact) mass is 290 g/mol. The Bertz CT molecular complexity index is 572. The Kier molecular flexibility index (Phi) is 5.39. The van der Waals surface area contributed by atoms with Crippen LogP contribution in [-0.2, 0) is 13.0 Å². The lowest BCUT2D eigenvalue weighted by molar-refractivity contribution is 0.461. The first-order valence-corrected chi connectivity index (χ1v) is 7.22. The molecule has 0 aliphatic carbocycles. The number of nitrogens with zero attached hydrogens (tertiary/aromatic N) is 1. The van der Waals surface area contributed by atoms with Crippen molar-refractivity contribution in [2.24, 2.45) is 0 Å². The van der Waals surface area contributed by atoms with Crippen molar-refractivity contribution in [2.75, 3.05) is 6.54 Å². The molecule has 0 spiro atoms. The van der Waals surface area contributed by atoms with Gasteiger partial charge in [0.2, 0.25) is 5.88 Å². The number of pyridine rings is 1. The van der Waals surface area contributed by atoms with Gasteiger partial charge in [0.05, 0.1) is 5.02 Å². The van der Waals surface area contributed by atoms with Crippen LogP contribution < -0.4 is 10.1 Å². The topological polar surface area (TPSA) is 34.1 Å². The van der Waals surface area contributed by atoms with Crippen molar-refractivity contribution in [1.29, 1.82) is 0 Å². The van der Waals surface area contributed by atoms with E-state index in [0.29, 0.717) is 17.4 Å². The average molecular weight is 291 g/mol. The molecule has 0 saturated carbocycles. The number of aromatic nitrogens is 1. The number of hydrogen-bond acceptors (Lipinski definition) is 3. The zero-order chi connectivity index (χ0) is 14.4. The first-order chi connectivity index (χ1) is 9.72. The molecule has 2 aromatic rings. The second-order valence-electron chi connectivity index (χ2n) is 4.50. The molecule has 106 valence electrons. The van der Waals surface area contributed by atoms with Gasteiger partial charge in [-0.15, -0.1) is 0 Å². The van der Waals surface area contributed by atoms with Crippen molar-refractivity contribution in [3.63, 3.8) is 0 Å². The molecular formula is C16H19ClN2O. The molecular weight excluding hydrogens is 272 g/mol. The molecule has 1 heterocycles. The minimum atomic E-state index is 0.565. The van der Waals surface area contributed by atoms with Gasteiger partial charge in [0.15, 0.2) is 0 Å². The lowest BCUT2D eigenvalue weighted by Crippen LogP contribution is -2.12. The SMILES string of the molecule is CCNCc1cc(Oc2cccc(CC)c2)ncc1Cl. The van der Waals surface area contributed by atoms with Crippen molar-refractivity contribution in [3.05, 3.63) is 52.7 Å². The van der Waals surface area contributed by atoms with Gasteiger partial charge in [-0.05, 0) is 36.2 Å². The minimum Gasteiger partial charge on any atom is -0.439 e.